The molecule has 0 spiro atoms. The van der Waals surface area contributed by atoms with E-state index >= 15 is 0 Å². The molecule has 1 aliphatic heterocycles. The Balaban J connectivity index is 0.00000264. The van der Waals surface area contributed by atoms with E-state index in [0.29, 0.717) is 12.5 Å². The highest BCUT2D eigenvalue weighted by molar-refractivity contribution is 9.10. The number of hydrogen-bond donors (Lipinski definition) is 2. The molecule has 2 rings (SSSR count). The molecular weight excluding hydrogens is 411 g/mol. The lowest BCUT2D eigenvalue weighted by molar-refractivity contribution is 0.358. The summed E-state index contributed by atoms with van der Waals surface area (Å²) in [6, 6.07) is 2.28. The summed E-state index contributed by atoms with van der Waals surface area (Å²) in [7, 11) is -2.45. The van der Waals surface area contributed by atoms with Crippen molar-refractivity contribution >= 4 is 38.4 Å². The number of benzene rings is 1. The second-order valence-corrected chi connectivity index (χ2v) is 7.91. The quantitative estimate of drug-likeness (QED) is 0.727. The largest absolute Gasteiger partial charge is 0.495 e. The molecule has 0 aliphatic carbocycles. The van der Waals surface area contributed by atoms with Crippen molar-refractivity contribution in [3.8, 4) is 5.75 Å². The van der Waals surface area contributed by atoms with Crippen LogP contribution >= 0.6 is 28.3 Å². The van der Waals surface area contributed by atoms with Crippen LogP contribution in [0.3, 0.4) is 0 Å². The van der Waals surface area contributed by atoms with E-state index in [0.717, 1.165) is 38.4 Å². The van der Waals surface area contributed by atoms with Crippen molar-refractivity contribution in [2.75, 3.05) is 26.7 Å². The Bertz CT molecular complexity index is 625. The van der Waals surface area contributed by atoms with Crippen LogP contribution in [0.4, 0.5) is 4.39 Å². The highest BCUT2D eigenvalue weighted by atomic mass is 79.9. The van der Waals surface area contributed by atoms with Gasteiger partial charge in [-0.3, -0.25) is 0 Å². The van der Waals surface area contributed by atoms with Crippen LogP contribution in [0.2, 0.25) is 0 Å². The maximum atomic E-state index is 13.6. The van der Waals surface area contributed by atoms with Crippen LogP contribution in [0.25, 0.3) is 0 Å². The number of halogens is 3. The molecule has 1 aliphatic rings. The van der Waals surface area contributed by atoms with Crippen molar-refractivity contribution in [3.05, 3.63) is 22.4 Å². The molecule has 1 atom stereocenters. The van der Waals surface area contributed by atoms with Gasteiger partial charge in [0.1, 0.15) is 16.5 Å². The standard InChI is InChI=1S/C14H20BrFN2O3S.ClH/c1-21-13-7-11(15)12(16)8-14(13)22(19,20)18-6-4-10-3-2-5-17-9-10;/h7-8,10,17-18H,2-6,9H2,1H3;1H. The van der Waals surface area contributed by atoms with Gasteiger partial charge in [-0.1, -0.05) is 0 Å². The monoisotopic (exact) mass is 430 g/mol. The molecule has 1 heterocycles. The zero-order valence-corrected chi connectivity index (χ0v) is 16.0. The third kappa shape index (κ3) is 5.56. The zero-order chi connectivity index (χ0) is 16.2. The smallest absolute Gasteiger partial charge is 0.244 e. The molecule has 9 heteroatoms. The average molecular weight is 432 g/mol. The molecule has 0 aromatic heterocycles. The minimum absolute atomic E-state index is 0. The van der Waals surface area contributed by atoms with Crippen LogP contribution in [-0.4, -0.2) is 35.2 Å². The number of hydrogen-bond acceptors (Lipinski definition) is 4. The first-order chi connectivity index (χ1) is 10.4. The molecule has 1 aromatic carbocycles. The van der Waals surface area contributed by atoms with Crippen molar-refractivity contribution in [2.45, 2.75) is 24.2 Å². The van der Waals surface area contributed by atoms with E-state index in [1.807, 2.05) is 0 Å². The van der Waals surface area contributed by atoms with Crippen LogP contribution < -0.4 is 14.8 Å². The van der Waals surface area contributed by atoms with Gasteiger partial charge in [0.05, 0.1) is 11.6 Å². The molecule has 23 heavy (non-hydrogen) atoms. The molecule has 0 bridgehead atoms. The van der Waals surface area contributed by atoms with E-state index in [-0.39, 0.29) is 27.5 Å². The number of ether oxygens (including phenoxy) is 1. The summed E-state index contributed by atoms with van der Waals surface area (Å²) in [6.45, 7) is 2.27. The van der Waals surface area contributed by atoms with E-state index in [1.54, 1.807) is 0 Å². The third-order valence-corrected chi connectivity index (χ3v) is 5.83. The third-order valence-electron chi connectivity index (χ3n) is 3.74. The maximum Gasteiger partial charge on any atom is 0.244 e. The summed E-state index contributed by atoms with van der Waals surface area (Å²) in [5, 5.41) is 3.29. The van der Waals surface area contributed by atoms with E-state index < -0.39 is 15.8 Å². The normalized spacial score (nSPS) is 18.3. The number of rotatable bonds is 6. The highest BCUT2D eigenvalue weighted by Gasteiger charge is 2.22. The zero-order valence-electron chi connectivity index (χ0n) is 12.8. The second kappa shape index (κ2) is 9.17. The van der Waals surface area contributed by atoms with E-state index in [2.05, 4.69) is 26.0 Å². The lowest BCUT2D eigenvalue weighted by Crippen LogP contribution is -2.33. The fraction of sp³-hybridized carbons (Fsp3) is 0.571. The van der Waals surface area contributed by atoms with Crippen LogP contribution in [0.1, 0.15) is 19.3 Å². The fourth-order valence-corrected chi connectivity index (χ4v) is 4.06. The summed E-state index contributed by atoms with van der Waals surface area (Å²) < 4.78 is 46.0. The molecule has 1 aromatic rings. The maximum absolute atomic E-state index is 13.6. The molecule has 0 amide bonds. The first-order valence-electron chi connectivity index (χ1n) is 7.17. The van der Waals surface area contributed by atoms with E-state index in [9.17, 15) is 12.8 Å². The first kappa shape index (κ1) is 20.6. The summed E-state index contributed by atoms with van der Waals surface area (Å²) in [6.07, 6.45) is 2.97. The van der Waals surface area contributed by atoms with E-state index in [4.69, 9.17) is 4.74 Å². The van der Waals surface area contributed by atoms with Gasteiger partial charge in [0.15, 0.2) is 0 Å². The van der Waals surface area contributed by atoms with Crippen molar-refractivity contribution < 1.29 is 17.5 Å². The predicted molar refractivity (Wildman–Crippen MR) is 93.3 cm³/mol. The molecule has 0 radical (unpaired) electrons. The van der Waals surface area contributed by atoms with Gasteiger partial charge in [0.2, 0.25) is 10.0 Å². The predicted octanol–water partition coefficient (Wildman–Crippen LogP) is 2.69. The summed E-state index contributed by atoms with van der Waals surface area (Å²) in [5.41, 5.74) is 0. The number of nitrogens with one attached hydrogen (secondary N) is 2. The number of sulfonamides is 1. The van der Waals surface area contributed by atoms with Gasteiger partial charge in [-0.25, -0.2) is 17.5 Å². The Hall–Kier alpha value is -0.410. The topological polar surface area (TPSA) is 67.4 Å². The fourth-order valence-electron chi connectivity index (χ4n) is 2.53. The van der Waals surface area contributed by atoms with Gasteiger partial charge in [-0.15, -0.1) is 12.4 Å². The molecule has 1 fully saturated rings. The van der Waals surface area contributed by atoms with E-state index in [1.165, 1.54) is 13.2 Å². The summed E-state index contributed by atoms with van der Waals surface area (Å²) in [4.78, 5) is -0.183. The molecule has 1 saturated heterocycles. The van der Waals surface area contributed by atoms with Crippen LogP contribution in [0.15, 0.2) is 21.5 Å². The van der Waals surface area contributed by atoms with Crippen LogP contribution in [0.5, 0.6) is 5.75 Å². The molecular formula is C14H21BrClFN2O3S. The molecule has 1 unspecified atom stereocenters. The molecule has 5 nitrogen and oxygen atoms in total. The molecule has 132 valence electrons. The van der Waals surface area contributed by atoms with Gasteiger partial charge in [-0.05, 0) is 66.3 Å². The Labute approximate surface area is 151 Å². The number of piperidine rings is 1. The number of methoxy groups -OCH3 is 1. The van der Waals surface area contributed by atoms with Crippen molar-refractivity contribution in [3.63, 3.8) is 0 Å². The minimum atomic E-state index is -3.80. The van der Waals surface area contributed by atoms with Gasteiger partial charge in [0.25, 0.3) is 0 Å². The summed E-state index contributed by atoms with van der Waals surface area (Å²) in [5.74, 6) is -0.0576. The summed E-state index contributed by atoms with van der Waals surface area (Å²) >= 11 is 3.02. The Morgan fingerprint density at radius 3 is 2.83 bits per heavy atom. The molecule has 2 N–H and O–H groups in total. The van der Waals surface area contributed by atoms with Crippen molar-refractivity contribution in [1.29, 1.82) is 0 Å². The van der Waals surface area contributed by atoms with Crippen LogP contribution in [0, 0.1) is 11.7 Å². The van der Waals surface area contributed by atoms with Gasteiger partial charge in [-0.2, -0.15) is 0 Å². The van der Waals surface area contributed by atoms with Gasteiger partial charge in [0, 0.05) is 6.54 Å². The second-order valence-electron chi connectivity index (χ2n) is 5.32. The lowest BCUT2D eigenvalue weighted by atomic mass is 9.96. The Morgan fingerprint density at radius 1 is 1.48 bits per heavy atom. The Morgan fingerprint density at radius 2 is 2.22 bits per heavy atom. The molecule has 0 saturated carbocycles. The first-order valence-corrected chi connectivity index (χ1v) is 9.45. The average Bonchev–Trinajstić information content (AvgIpc) is 2.50. The van der Waals surface area contributed by atoms with Crippen molar-refractivity contribution in [2.24, 2.45) is 5.92 Å². The van der Waals surface area contributed by atoms with Crippen LogP contribution in [-0.2, 0) is 10.0 Å². The minimum Gasteiger partial charge on any atom is -0.495 e. The van der Waals surface area contributed by atoms with Gasteiger partial charge < -0.3 is 10.1 Å². The van der Waals surface area contributed by atoms with Crippen molar-refractivity contribution in [1.82, 2.24) is 10.0 Å². The SMILES string of the molecule is COc1cc(Br)c(F)cc1S(=O)(=O)NCCC1CCCNC1.Cl. The van der Waals surface area contributed by atoms with Gasteiger partial charge >= 0.3 is 0 Å². The Kier molecular flexibility index (Phi) is 8.23. The highest BCUT2D eigenvalue weighted by Crippen LogP contribution is 2.29. The lowest BCUT2D eigenvalue weighted by Gasteiger charge is -2.22.